The zero-order valence-electron chi connectivity index (χ0n) is 20.0. The molecule has 3 unspecified atom stereocenters. The lowest BCUT2D eigenvalue weighted by Gasteiger charge is -2.25. The normalized spacial score (nSPS) is 25.7. The maximum Gasteiger partial charge on any atom is 0.530 e. The molecule has 1 saturated heterocycles. The van der Waals surface area contributed by atoms with E-state index in [1.54, 1.807) is 32.0 Å². The van der Waals surface area contributed by atoms with Crippen LogP contribution >= 0.6 is 19.4 Å². The van der Waals surface area contributed by atoms with Gasteiger partial charge in [-0.15, -0.1) is 6.42 Å². The van der Waals surface area contributed by atoms with E-state index in [2.05, 4.69) is 10.9 Å². The van der Waals surface area contributed by atoms with Gasteiger partial charge in [-0.25, -0.2) is 18.9 Å². The summed E-state index contributed by atoms with van der Waals surface area (Å²) < 4.78 is 41.2. The number of carbonyl (C=O) groups is 1. The molecule has 2 aromatic rings. The van der Waals surface area contributed by atoms with Gasteiger partial charge in [-0.3, -0.25) is 18.6 Å². The third-order valence-electron chi connectivity index (χ3n) is 5.00. The van der Waals surface area contributed by atoms with Gasteiger partial charge in [0.05, 0.1) is 12.7 Å². The highest BCUT2D eigenvalue weighted by Gasteiger charge is 2.56. The van der Waals surface area contributed by atoms with E-state index in [1.807, 2.05) is 4.98 Å². The molecular weight excluding hydrogens is 533 g/mol. The van der Waals surface area contributed by atoms with Gasteiger partial charge in [0.15, 0.2) is 17.2 Å². The van der Waals surface area contributed by atoms with Crippen molar-refractivity contribution in [3.8, 4) is 18.1 Å². The lowest BCUT2D eigenvalue weighted by Crippen LogP contribution is -2.44. The van der Waals surface area contributed by atoms with Crippen LogP contribution in [0, 0.1) is 12.3 Å². The third-order valence-corrected chi connectivity index (χ3v) is 6.99. The second kappa shape index (κ2) is 11.6. The van der Waals surface area contributed by atoms with Gasteiger partial charge in [0, 0.05) is 0 Å². The first-order valence-electron chi connectivity index (χ1n) is 10.9. The molecule has 0 spiro atoms. The number of nitrogens with one attached hydrogen (secondary N) is 1. The largest absolute Gasteiger partial charge is 0.530 e. The monoisotopic (exact) mass is 557 g/mol. The van der Waals surface area contributed by atoms with Gasteiger partial charge in [0.1, 0.15) is 24.3 Å². The molecule has 13 nitrogen and oxygen atoms in total. The minimum atomic E-state index is -4.55. The molecule has 1 aromatic heterocycles. The number of hydrogen-bond donors (Lipinski definition) is 2. The van der Waals surface area contributed by atoms with Crippen molar-refractivity contribution in [1.29, 1.82) is 0 Å². The first kappa shape index (κ1) is 28.6. The van der Waals surface area contributed by atoms with Crippen molar-refractivity contribution in [2.75, 3.05) is 6.61 Å². The van der Waals surface area contributed by atoms with Crippen LogP contribution < -0.4 is 15.9 Å². The SMILES string of the molecule is C#CC1(Cl)C(O)[C@@H](CO[P@](=O)(Oc2ccccc2)O[C@@H](C)C(=O)OC(C)C)OC1n1cnc(=O)[nH]c1=O. The van der Waals surface area contributed by atoms with Crippen molar-refractivity contribution < 1.29 is 37.5 Å². The first-order chi connectivity index (χ1) is 17.4. The minimum Gasteiger partial charge on any atom is -0.461 e. The highest BCUT2D eigenvalue weighted by Crippen LogP contribution is 2.52. The van der Waals surface area contributed by atoms with Crippen LogP contribution in [-0.4, -0.2) is 61.5 Å². The summed E-state index contributed by atoms with van der Waals surface area (Å²) in [4.78, 5) is 39.2. The van der Waals surface area contributed by atoms with E-state index in [-0.39, 0.29) is 5.75 Å². The summed E-state index contributed by atoms with van der Waals surface area (Å²) in [5.41, 5.74) is -1.86. The number of terminal acetylenes is 1. The molecule has 0 saturated carbocycles. The van der Waals surface area contributed by atoms with E-state index >= 15 is 0 Å². The fraction of sp³-hybridized carbons (Fsp3) is 0.455. The number of benzene rings is 1. The first-order valence-corrected chi connectivity index (χ1v) is 12.8. The van der Waals surface area contributed by atoms with Gasteiger partial charge in [0.25, 0.3) is 0 Å². The smallest absolute Gasteiger partial charge is 0.461 e. The van der Waals surface area contributed by atoms with Gasteiger partial charge in [-0.05, 0) is 32.9 Å². The Bertz CT molecular complexity index is 1310. The van der Waals surface area contributed by atoms with Crippen LogP contribution in [0.2, 0.25) is 0 Å². The maximum atomic E-state index is 13.5. The van der Waals surface area contributed by atoms with Crippen LogP contribution in [0.25, 0.3) is 0 Å². The number of aliphatic hydroxyl groups is 1. The van der Waals surface area contributed by atoms with Crippen LogP contribution in [0.4, 0.5) is 0 Å². The topological polar surface area (TPSA) is 168 Å². The van der Waals surface area contributed by atoms with Crippen molar-refractivity contribution in [2.45, 2.75) is 56.3 Å². The molecule has 0 bridgehead atoms. The molecule has 2 heterocycles. The molecule has 1 aliphatic heterocycles. The molecule has 3 rings (SSSR count). The van der Waals surface area contributed by atoms with E-state index in [0.717, 1.165) is 10.9 Å². The van der Waals surface area contributed by atoms with Crippen molar-refractivity contribution in [1.82, 2.24) is 14.5 Å². The van der Waals surface area contributed by atoms with Gasteiger partial charge in [-0.1, -0.05) is 35.7 Å². The number of nitrogens with zero attached hydrogens (tertiary/aromatic N) is 2. The Morgan fingerprint density at radius 1 is 1.35 bits per heavy atom. The number of alkyl halides is 1. The van der Waals surface area contributed by atoms with E-state index in [4.69, 9.17) is 41.1 Å². The summed E-state index contributed by atoms with van der Waals surface area (Å²) in [5, 5.41) is 10.8. The van der Waals surface area contributed by atoms with E-state index in [1.165, 1.54) is 19.1 Å². The van der Waals surface area contributed by atoms with Crippen molar-refractivity contribution in [3.63, 3.8) is 0 Å². The van der Waals surface area contributed by atoms with Crippen molar-refractivity contribution >= 4 is 25.4 Å². The van der Waals surface area contributed by atoms with Crippen LogP contribution in [0.5, 0.6) is 5.75 Å². The molecule has 0 aliphatic carbocycles. The zero-order chi connectivity index (χ0) is 27.4. The quantitative estimate of drug-likeness (QED) is 0.187. The number of rotatable bonds is 10. The van der Waals surface area contributed by atoms with E-state index in [9.17, 15) is 24.1 Å². The second-order valence-electron chi connectivity index (χ2n) is 8.15. The summed E-state index contributed by atoms with van der Waals surface area (Å²) in [6.07, 6.45) is 0.0579. The highest BCUT2D eigenvalue weighted by molar-refractivity contribution is 7.49. The molecular formula is C22H25ClN3O10P. The maximum absolute atomic E-state index is 13.5. The number of phosphoric acid groups is 1. The standard InChI is InChI=1S/C22H25ClN3O10P/c1-5-22(23)17(27)16(34-19(22)26-12-24-20(29)25-21(26)30)11-32-37(31,36-15-9-7-6-8-10-15)35-14(4)18(28)33-13(2)3/h1,6-10,12-14,16-17,19,27H,11H2,2-4H3,(H,25,29,30)/t14-,16+,17?,19?,22?,37-/m0/s1. The summed E-state index contributed by atoms with van der Waals surface area (Å²) in [5.74, 6) is 1.46. The Kier molecular flexibility index (Phi) is 8.96. The van der Waals surface area contributed by atoms with E-state index in [0.29, 0.717) is 0 Å². The van der Waals surface area contributed by atoms with Crippen LogP contribution in [-0.2, 0) is 27.9 Å². The molecule has 15 heteroatoms. The predicted molar refractivity (Wildman–Crippen MR) is 129 cm³/mol. The molecule has 0 amide bonds. The van der Waals surface area contributed by atoms with Gasteiger partial charge < -0.3 is 19.1 Å². The number of H-pyrrole nitrogens is 1. The number of carbonyl (C=O) groups excluding carboxylic acids is 1. The number of aromatic nitrogens is 3. The van der Waals surface area contributed by atoms with Crippen molar-refractivity contribution in [2.24, 2.45) is 0 Å². The Balaban J connectivity index is 1.84. The lowest BCUT2D eigenvalue weighted by atomic mass is 10.00. The number of phosphoric ester groups is 1. The minimum absolute atomic E-state index is 0.0993. The summed E-state index contributed by atoms with van der Waals surface area (Å²) in [6, 6.07) is 7.86. The fourth-order valence-corrected chi connectivity index (χ4v) is 4.89. The van der Waals surface area contributed by atoms with Gasteiger partial charge in [0.2, 0.25) is 0 Å². The molecule has 1 fully saturated rings. The van der Waals surface area contributed by atoms with Crippen LogP contribution in [0.1, 0.15) is 27.0 Å². The molecule has 2 N–H and O–H groups in total. The number of para-hydroxylation sites is 1. The van der Waals surface area contributed by atoms with Crippen molar-refractivity contribution in [3.05, 3.63) is 57.6 Å². The predicted octanol–water partition coefficient (Wildman–Crippen LogP) is 1.36. The molecule has 6 atom stereocenters. The zero-order valence-corrected chi connectivity index (χ0v) is 21.6. The number of hydrogen-bond acceptors (Lipinski definition) is 11. The molecule has 1 aromatic carbocycles. The van der Waals surface area contributed by atoms with Gasteiger partial charge in [-0.2, -0.15) is 4.98 Å². The number of ether oxygens (including phenoxy) is 2. The number of halogens is 1. The number of aromatic amines is 1. The Morgan fingerprint density at radius 3 is 2.62 bits per heavy atom. The molecule has 200 valence electrons. The van der Waals surface area contributed by atoms with Crippen LogP contribution in [0.15, 0.2) is 46.2 Å². The number of esters is 1. The molecule has 0 radical (unpaired) electrons. The molecule has 1 aliphatic rings. The third kappa shape index (κ3) is 6.67. The Labute approximate surface area is 216 Å². The lowest BCUT2D eigenvalue weighted by molar-refractivity contribution is -0.156. The summed E-state index contributed by atoms with van der Waals surface area (Å²) in [7, 11) is -4.55. The summed E-state index contributed by atoms with van der Waals surface area (Å²) in [6.45, 7) is 3.90. The number of aliphatic hydroxyl groups excluding tert-OH is 1. The second-order valence-corrected chi connectivity index (χ2v) is 10.3. The Morgan fingerprint density at radius 2 is 2.03 bits per heavy atom. The average molecular weight is 558 g/mol. The highest BCUT2D eigenvalue weighted by atomic mass is 35.5. The van der Waals surface area contributed by atoms with E-state index < -0.39 is 67.3 Å². The fourth-order valence-electron chi connectivity index (χ4n) is 3.25. The summed E-state index contributed by atoms with van der Waals surface area (Å²) >= 11 is 6.43. The average Bonchev–Trinajstić information content (AvgIpc) is 3.08. The Hall–Kier alpha value is -2.98. The molecule has 37 heavy (non-hydrogen) atoms. The van der Waals surface area contributed by atoms with Crippen LogP contribution in [0.3, 0.4) is 0 Å². The van der Waals surface area contributed by atoms with Gasteiger partial charge >= 0.3 is 25.2 Å².